The number of hydrogen-bond acceptors (Lipinski definition) is 8. The van der Waals surface area contributed by atoms with Crippen LogP contribution in [-0.4, -0.2) is 33.8 Å². The average Bonchev–Trinajstić information content (AvgIpc) is 3.25. The molecule has 2 N–H and O–H groups in total. The van der Waals surface area contributed by atoms with Gasteiger partial charge in [-0.15, -0.1) is 10.2 Å². The smallest absolute Gasteiger partial charge is 0.270 e. The Labute approximate surface area is 173 Å². The molecule has 0 saturated carbocycles. The molecule has 0 unspecified atom stereocenters. The van der Waals surface area contributed by atoms with E-state index in [0.29, 0.717) is 17.1 Å². The molecule has 4 aromatic rings. The molecule has 0 aliphatic heterocycles. The van der Waals surface area contributed by atoms with Crippen LogP contribution in [-0.2, 0) is 9.84 Å². The van der Waals surface area contributed by atoms with E-state index in [1.807, 2.05) is 0 Å². The van der Waals surface area contributed by atoms with Gasteiger partial charge in [0, 0.05) is 11.1 Å². The van der Waals surface area contributed by atoms with E-state index >= 15 is 0 Å². The molecule has 30 heavy (non-hydrogen) atoms. The number of aromatic nitrogens is 4. The minimum absolute atomic E-state index is 0.142. The van der Waals surface area contributed by atoms with Crippen molar-refractivity contribution >= 4 is 15.7 Å². The maximum absolute atomic E-state index is 12.3. The van der Waals surface area contributed by atoms with Gasteiger partial charge in [-0.3, -0.25) is 0 Å². The molecular formula is C21H18N5O3S. The van der Waals surface area contributed by atoms with Crippen molar-refractivity contribution in [2.75, 3.05) is 5.73 Å². The maximum atomic E-state index is 12.3. The van der Waals surface area contributed by atoms with Crippen molar-refractivity contribution in [1.29, 1.82) is 0 Å². The van der Waals surface area contributed by atoms with Crippen molar-refractivity contribution < 1.29 is 12.8 Å². The minimum Gasteiger partial charge on any atom is -0.414 e. The molecular weight excluding hydrogens is 402 g/mol. The number of rotatable bonds is 5. The van der Waals surface area contributed by atoms with Gasteiger partial charge in [0.1, 0.15) is 0 Å². The van der Waals surface area contributed by atoms with Crippen LogP contribution in [0.2, 0.25) is 0 Å². The molecule has 1 radical (unpaired) electrons. The summed E-state index contributed by atoms with van der Waals surface area (Å²) in [5.41, 5.74) is 8.17. The van der Waals surface area contributed by atoms with Crippen LogP contribution in [0.15, 0.2) is 64.0 Å². The third-order valence-corrected chi connectivity index (χ3v) is 6.66. The Morgan fingerprint density at radius 1 is 0.967 bits per heavy atom. The lowest BCUT2D eigenvalue weighted by Gasteiger charge is -2.09. The maximum Gasteiger partial charge on any atom is 0.270 e. The van der Waals surface area contributed by atoms with Crippen molar-refractivity contribution in [2.45, 2.75) is 24.0 Å². The first kappa shape index (κ1) is 19.7. The molecule has 0 atom stereocenters. The van der Waals surface area contributed by atoms with Gasteiger partial charge < -0.3 is 10.2 Å². The molecule has 0 aliphatic carbocycles. The molecule has 0 saturated heterocycles. The molecule has 0 bridgehead atoms. The Balaban J connectivity index is 1.69. The molecule has 0 aliphatic rings. The average molecular weight is 420 g/mol. The van der Waals surface area contributed by atoms with E-state index in [-0.39, 0.29) is 22.3 Å². The van der Waals surface area contributed by atoms with E-state index in [9.17, 15) is 8.42 Å². The second kappa shape index (κ2) is 7.68. The SMILES string of the molecule is CC(C)S(=O)(=O)c1ccc(-c2cnc(N)c(-c3nnc(-c4cc[c]cc4)o3)n2)cc1. The first-order chi connectivity index (χ1) is 14.4. The van der Waals surface area contributed by atoms with E-state index in [1.165, 1.54) is 6.20 Å². The number of nitrogen functional groups attached to an aromatic ring is 1. The Hall–Kier alpha value is -3.59. The van der Waals surface area contributed by atoms with Crippen LogP contribution >= 0.6 is 0 Å². The highest BCUT2D eigenvalue weighted by atomic mass is 32.2. The van der Waals surface area contributed by atoms with Gasteiger partial charge in [0.2, 0.25) is 5.89 Å². The van der Waals surface area contributed by atoms with Crippen molar-refractivity contribution in [3.63, 3.8) is 0 Å². The van der Waals surface area contributed by atoms with E-state index < -0.39 is 15.1 Å². The molecule has 0 spiro atoms. The number of benzene rings is 2. The van der Waals surface area contributed by atoms with Gasteiger partial charge in [0.25, 0.3) is 5.89 Å². The monoisotopic (exact) mass is 420 g/mol. The zero-order valence-electron chi connectivity index (χ0n) is 16.3. The summed E-state index contributed by atoms with van der Waals surface area (Å²) in [6.07, 6.45) is 1.51. The Morgan fingerprint density at radius 2 is 1.63 bits per heavy atom. The van der Waals surface area contributed by atoms with Crippen molar-refractivity contribution in [2.24, 2.45) is 0 Å². The van der Waals surface area contributed by atoms with E-state index in [1.54, 1.807) is 62.4 Å². The van der Waals surface area contributed by atoms with Gasteiger partial charge in [0.05, 0.1) is 22.0 Å². The van der Waals surface area contributed by atoms with Gasteiger partial charge in [-0.2, -0.15) is 0 Å². The summed E-state index contributed by atoms with van der Waals surface area (Å²) < 4.78 is 30.3. The molecule has 9 heteroatoms. The fourth-order valence-electron chi connectivity index (χ4n) is 2.75. The third kappa shape index (κ3) is 3.67. The van der Waals surface area contributed by atoms with Gasteiger partial charge >= 0.3 is 0 Å². The Kier molecular flexibility index (Phi) is 5.04. The first-order valence-electron chi connectivity index (χ1n) is 9.13. The molecule has 2 aromatic heterocycles. The summed E-state index contributed by atoms with van der Waals surface area (Å²) >= 11 is 0. The van der Waals surface area contributed by atoms with Crippen LogP contribution < -0.4 is 5.73 Å². The predicted octanol–water partition coefficient (Wildman–Crippen LogP) is 3.43. The van der Waals surface area contributed by atoms with Gasteiger partial charge in [-0.25, -0.2) is 18.4 Å². The molecule has 151 valence electrons. The summed E-state index contributed by atoms with van der Waals surface area (Å²) in [6, 6.07) is 16.5. The highest BCUT2D eigenvalue weighted by molar-refractivity contribution is 7.92. The lowest BCUT2D eigenvalue weighted by Crippen LogP contribution is -2.13. The van der Waals surface area contributed by atoms with Crippen LogP contribution in [0, 0.1) is 6.07 Å². The topological polar surface area (TPSA) is 125 Å². The molecule has 0 amide bonds. The number of nitrogens with zero attached hydrogens (tertiary/aromatic N) is 4. The second-order valence-electron chi connectivity index (χ2n) is 6.81. The summed E-state index contributed by atoms with van der Waals surface area (Å²) in [7, 11) is -3.35. The summed E-state index contributed by atoms with van der Waals surface area (Å²) in [4.78, 5) is 8.94. The van der Waals surface area contributed by atoms with Crippen LogP contribution in [0.5, 0.6) is 0 Å². The zero-order valence-corrected chi connectivity index (χ0v) is 17.1. The highest BCUT2D eigenvalue weighted by Gasteiger charge is 2.20. The highest BCUT2D eigenvalue weighted by Crippen LogP contribution is 2.28. The number of hydrogen-bond donors (Lipinski definition) is 1. The van der Waals surface area contributed by atoms with E-state index in [0.717, 1.165) is 5.56 Å². The van der Waals surface area contributed by atoms with Crippen LogP contribution in [0.1, 0.15) is 13.8 Å². The normalized spacial score (nSPS) is 11.7. The van der Waals surface area contributed by atoms with Crippen LogP contribution in [0.25, 0.3) is 34.3 Å². The number of nitrogens with two attached hydrogens (primary N) is 1. The van der Waals surface area contributed by atoms with Crippen LogP contribution in [0.3, 0.4) is 0 Å². The van der Waals surface area contributed by atoms with E-state index in [4.69, 9.17) is 10.2 Å². The molecule has 2 aromatic carbocycles. The summed E-state index contributed by atoms with van der Waals surface area (Å²) in [5, 5.41) is 7.58. The summed E-state index contributed by atoms with van der Waals surface area (Å²) in [5.74, 6) is 0.617. The Bertz CT molecular complexity index is 1280. The van der Waals surface area contributed by atoms with Crippen molar-refractivity contribution in [1.82, 2.24) is 20.2 Å². The fourth-order valence-corrected chi connectivity index (χ4v) is 3.81. The van der Waals surface area contributed by atoms with Crippen molar-refractivity contribution in [3.05, 3.63) is 60.8 Å². The van der Waals surface area contributed by atoms with Crippen LogP contribution in [0.4, 0.5) is 5.82 Å². The standard InChI is InChI=1S/C21H18N5O3S/c1-13(2)30(27,28)16-10-8-14(9-11-16)17-12-23-19(22)18(24-17)21-26-25-20(29-21)15-6-4-3-5-7-15/h4-13H,1-2H3,(H2,22,23). The second-order valence-corrected chi connectivity index (χ2v) is 9.31. The van der Waals surface area contributed by atoms with Gasteiger partial charge in [-0.05, 0) is 44.2 Å². The number of anilines is 1. The first-order valence-corrected chi connectivity index (χ1v) is 10.7. The molecule has 8 nitrogen and oxygen atoms in total. The number of sulfone groups is 1. The van der Waals surface area contributed by atoms with Gasteiger partial charge in [-0.1, -0.05) is 24.3 Å². The summed E-state index contributed by atoms with van der Waals surface area (Å²) in [6.45, 7) is 3.29. The largest absolute Gasteiger partial charge is 0.414 e. The van der Waals surface area contributed by atoms with Gasteiger partial charge in [0.15, 0.2) is 21.3 Å². The Morgan fingerprint density at radius 3 is 2.30 bits per heavy atom. The zero-order chi connectivity index (χ0) is 21.3. The van der Waals surface area contributed by atoms with Crippen molar-refractivity contribution in [3.8, 4) is 34.3 Å². The minimum atomic E-state index is -3.35. The lowest BCUT2D eigenvalue weighted by molar-refractivity contribution is 0.582. The molecule has 0 fully saturated rings. The molecule has 2 heterocycles. The lowest BCUT2D eigenvalue weighted by atomic mass is 10.1. The fraction of sp³-hybridized carbons (Fsp3) is 0.143. The quantitative estimate of drug-likeness (QED) is 0.521. The molecule has 4 rings (SSSR count). The predicted molar refractivity (Wildman–Crippen MR) is 112 cm³/mol. The van der Waals surface area contributed by atoms with E-state index in [2.05, 4.69) is 26.2 Å². The third-order valence-electron chi connectivity index (χ3n) is 4.49.